The number of fused-ring (bicyclic) bond motifs is 2. The average Bonchev–Trinajstić information content (AvgIpc) is 3.35. The van der Waals surface area contributed by atoms with Gasteiger partial charge in [-0.25, -0.2) is 9.37 Å². The van der Waals surface area contributed by atoms with Crippen molar-refractivity contribution in [2.75, 3.05) is 33.3 Å². The second-order valence-electron chi connectivity index (χ2n) is 9.13. The third-order valence-corrected chi connectivity index (χ3v) is 6.93. The molecule has 0 spiro atoms. The van der Waals surface area contributed by atoms with Crippen LogP contribution in [0.4, 0.5) is 4.39 Å². The Morgan fingerprint density at radius 2 is 2.00 bits per heavy atom. The number of piperidine rings is 1. The molecule has 3 aromatic heterocycles. The number of hydrogen-bond acceptors (Lipinski definition) is 6. The molecule has 2 N–H and O–H groups in total. The summed E-state index contributed by atoms with van der Waals surface area (Å²) in [6.07, 6.45) is 5.15. The van der Waals surface area contributed by atoms with Gasteiger partial charge >= 0.3 is 0 Å². The molecule has 1 aromatic carbocycles. The number of hydrogen-bond donors (Lipinski definition) is 2. The number of Topliss-reactive ketones (excluding diaryl/α,β-unsaturated/α-hetero) is 1. The fraction of sp³-hybridized carbons (Fsp3) is 0.333. The van der Waals surface area contributed by atoms with Crippen LogP contribution in [0.2, 0.25) is 0 Å². The van der Waals surface area contributed by atoms with Gasteiger partial charge in [0.15, 0.2) is 0 Å². The molecule has 1 fully saturated rings. The lowest BCUT2D eigenvalue weighted by atomic mass is 9.96. The first-order valence-corrected chi connectivity index (χ1v) is 12.1. The van der Waals surface area contributed by atoms with E-state index in [2.05, 4.69) is 25.2 Å². The molecule has 5 rings (SSSR count). The summed E-state index contributed by atoms with van der Waals surface area (Å²) in [6.45, 7) is 2.86. The Balaban J connectivity index is 1.12. The van der Waals surface area contributed by atoms with E-state index in [1.165, 1.54) is 13.3 Å². The van der Waals surface area contributed by atoms with Crippen LogP contribution >= 0.6 is 0 Å². The molecular formula is C27H28FN5O3. The summed E-state index contributed by atoms with van der Waals surface area (Å²) >= 11 is 0. The van der Waals surface area contributed by atoms with Crippen LogP contribution in [0.15, 0.2) is 48.8 Å². The number of aromatic amines is 1. The van der Waals surface area contributed by atoms with Crippen molar-refractivity contribution in [3.8, 4) is 5.88 Å². The maximum atomic E-state index is 14.6. The molecule has 1 amide bonds. The van der Waals surface area contributed by atoms with E-state index in [0.717, 1.165) is 36.8 Å². The molecule has 0 unspecified atom stereocenters. The van der Waals surface area contributed by atoms with Gasteiger partial charge in [-0.1, -0.05) is 18.2 Å². The summed E-state index contributed by atoms with van der Waals surface area (Å²) in [6, 6.07) is 10.9. The van der Waals surface area contributed by atoms with Gasteiger partial charge in [0, 0.05) is 41.8 Å². The molecule has 0 saturated carbocycles. The highest BCUT2D eigenvalue weighted by Crippen LogP contribution is 2.23. The normalized spacial score (nSPS) is 14.8. The van der Waals surface area contributed by atoms with Crippen molar-refractivity contribution in [3.63, 3.8) is 0 Å². The minimum absolute atomic E-state index is 0.297. The third-order valence-electron chi connectivity index (χ3n) is 6.93. The number of rotatable bonds is 8. The standard InChI is InChI=1S/C27H28FN5O3/c1-36-24-7-6-23-25(32-24)19(21(28)16-30-23)10-13-33-11-8-17(9-12-33)14-31-27(35)26(34)20-15-29-22-5-3-2-4-18(20)22/h2-7,15-17,29H,8-14H2,1H3,(H,31,35). The van der Waals surface area contributed by atoms with Crippen molar-refractivity contribution in [2.24, 2.45) is 5.92 Å². The zero-order valence-electron chi connectivity index (χ0n) is 20.1. The average molecular weight is 490 g/mol. The van der Waals surface area contributed by atoms with Crippen LogP contribution in [0, 0.1) is 11.7 Å². The number of benzene rings is 1. The van der Waals surface area contributed by atoms with Gasteiger partial charge in [-0.05, 0) is 50.4 Å². The molecule has 4 aromatic rings. The van der Waals surface area contributed by atoms with Crippen LogP contribution in [0.1, 0.15) is 28.8 Å². The number of carbonyl (C=O) groups is 2. The number of pyridine rings is 2. The Morgan fingerprint density at radius 1 is 1.19 bits per heavy atom. The lowest BCUT2D eigenvalue weighted by molar-refractivity contribution is -0.117. The van der Waals surface area contributed by atoms with E-state index in [9.17, 15) is 14.0 Å². The van der Waals surface area contributed by atoms with Gasteiger partial charge in [0.1, 0.15) is 5.82 Å². The Labute approximate surface area is 207 Å². The summed E-state index contributed by atoms with van der Waals surface area (Å²) in [7, 11) is 1.53. The number of H-pyrrole nitrogens is 1. The van der Waals surface area contributed by atoms with Crippen LogP contribution in [0.25, 0.3) is 21.9 Å². The maximum Gasteiger partial charge on any atom is 0.292 e. The maximum absolute atomic E-state index is 14.6. The topological polar surface area (TPSA) is 100 Å². The van der Waals surface area contributed by atoms with E-state index in [0.29, 0.717) is 53.5 Å². The Kier molecular flexibility index (Phi) is 6.90. The van der Waals surface area contributed by atoms with Gasteiger partial charge in [0.2, 0.25) is 5.88 Å². The van der Waals surface area contributed by atoms with Crippen LogP contribution in [0.3, 0.4) is 0 Å². The summed E-state index contributed by atoms with van der Waals surface area (Å²) < 4.78 is 19.8. The van der Waals surface area contributed by atoms with Gasteiger partial charge < -0.3 is 19.9 Å². The van der Waals surface area contributed by atoms with Crippen LogP contribution in [-0.4, -0.2) is 64.8 Å². The minimum atomic E-state index is -0.579. The number of ketones is 1. The summed E-state index contributed by atoms with van der Waals surface area (Å²) in [5.41, 5.74) is 2.94. The fourth-order valence-electron chi connectivity index (χ4n) is 4.81. The van der Waals surface area contributed by atoms with Crippen LogP contribution < -0.4 is 10.1 Å². The van der Waals surface area contributed by atoms with Gasteiger partial charge in [0.05, 0.1) is 29.9 Å². The second kappa shape index (κ2) is 10.4. The number of halogens is 1. The molecule has 0 bridgehead atoms. The number of ether oxygens (including phenoxy) is 1. The molecule has 186 valence electrons. The molecule has 1 aliphatic heterocycles. The van der Waals surface area contributed by atoms with E-state index >= 15 is 0 Å². The Morgan fingerprint density at radius 3 is 2.81 bits per heavy atom. The highest BCUT2D eigenvalue weighted by molar-refractivity contribution is 6.44. The predicted molar refractivity (Wildman–Crippen MR) is 135 cm³/mol. The quantitative estimate of drug-likeness (QED) is 0.290. The summed E-state index contributed by atoms with van der Waals surface area (Å²) in [5.74, 6) is -0.736. The molecular weight excluding hydrogens is 461 g/mol. The number of amides is 1. The molecule has 0 atom stereocenters. The molecule has 9 heteroatoms. The van der Waals surface area contributed by atoms with E-state index in [-0.39, 0.29) is 5.82 Å². The number of aromatic nitrogens is 3. The number of methoxy groups -OCH3 is 1. The van der Waals surface area contributed by atoms with Gasteiger partial charge in [-0.3, -0.25) is 14.6 Å². The second-order valence-corrected chi connectivity index (χ2v) is 9.13. The van der Waals surface area contributed by atoms with E-state index in [4.69, 9.17) is 4.74 Å². The fourth-order valence-corrected chi connectivity index (χ4v) is 4.81. The Hall–Kier alpha value is -3.85. The van der Waals surface area contributed by atoms with E-state index < -0.39 is 11.7 Å². The van der Waals surface area contributed by atoms with Crippen molar-refractivity contribution in [1.82, 2.24) is 25.2 Å². The highest BCUT2D eigenvalue weighted by Gasteiger charge is 2.24. The zero-order chi connectivity index (χ0) is 25.1. The van der Waals surface area contributed by atoms with Crippen molar-refractivity contribution in [1.29, 1.82) is 0 Å². The van der Waals surface area contributed by atoms with E-state index in [1.54, 1.807) is 18.3 Å². The first-order chi connectivity index (χ1) is 17.5. The number of likely N-dealkylation sites (tertiary alicyclic amines) is 1. The van der Waals surface area contributed by atoms with Gasteiger partial charge in [-0.2, -0.15) is 0 Å². The number of para-hydroxylation sites is 1. The Bertz CT molecular complexity index is 1410. The monoisotopic (exact) mass is 489 g/mol. The molecule has 0 radical (unpaired) electrons. The molecule has 1 saturated heterocycles. The zero-order valence-corrected chi connectivity index (χ0v) is 20.1. The SMILES string of the molecule is COc1ccc2ncc(F)c(CCN3CCC(CNC(=O)C(=O)c4c[nH]c5ccccc45)CC3)c2n1. The van der Waals surface area contributed by atoms with E-state index in [1.807, 2.05) is 24.3 Å². The van der Waals surface area contributed by atoms with Crippen LogP contribution in [-0.2, 0) is 11.2 Å². The van der Waals surface area contributed by atoms with Crippen LogP contribution in [0.5, 0.6) is 5.88 Å². The smallest absolute Gasteiger partial charge is 0.292 e. The molecule has 0 aliphatic carbocycles. The van der Waals surface area contributed by atoms with Crippen molar-refractivity contribution in [2.45, 2.75) is 19.3 Å². The highest BCUT2D eigenvalue weighted by atomic mass is 19.1. The molecule has 1 aliphatic rings. The summed E-state index contributed by atoms with van der Waals surface area (Å²) in [4.78, 5) is 39.0. The predicted octanol–water partition coefficient (Wildman–Crippen LogP) is 3.51. The van der Waals surface area contributed by atoms with Crippen molar-refractivity contribution < 1.29 is 18.7 Å². The lowest BCUT2D eigenvalue weighted by Gasteiger charge is -2.32. The van der Waals surface area contributed by atoms with Crippen molar-refractivity contribution >= 4 is 33.6 Å². The third kappa shape index (κ3) is 4.92. The largest absolute Gasteiger partial charge is 0.481 e. The molecule has 8 nitrogen and oxygen atoms in total. The number of nitrogens with zero attached hydrogens (tertiary/aromatic N) is 3. The number of nitrogens with one attached hydrogen (secondary N) is 2. The van der Waals surface area contributed by atoms with Gasteiger partial charge in [0.25, 0.3) is 11.7 Å². The number of carbonyl (C=O) groups excluding carboxylic acids is 2. The molecule has 36 heavy (non-hydrogen) atoms. The summed E-state index contributed by atoms with van der Waals surface area (Å²) in [5, 5.41) is 3.57. The minimum Gasteiger partial charge on any atom is -0.481 e. The van der Waals surface area contributed by atoms with Gasteiger partial charge in [-0.15, -0.1) is 0 Å². The van der Waals surface area contributed by atoms with Crippen molar-refractivity contribution in [3.05, 3.63) is 65.7 Å². The molecule has 4 heterocycles. The first kappa shape index (κ1) is 23.9. The first-order valence-electron chi connectivity index (χ1n) is 12.1. The lowest BCUT2D eigenvalue weighted by Crippen LogP contribution is -2.41.